The number of aromatic nitrogens is 5. The Morgan fingerprint density at radius 1 is 1.17 bits per heavy atom. The first-order chi connectivity index (χ1) is 17.1. The van der Waals surface area contributed by atoms with Crippen molar-refractivity contribution in [2.75, 3.05) is 12.3 Å². The Morgan fingerprint density at radius 3 is 2.63 bits per heavy atom. The average molecular weight is 473 g/mol. The zero-order valence-corrected chi connectivity index (χ0v) is 19.3. The van der Waals surface area contributed by atoms with Crippen molar-refractivity contribution in [3.05, 3.63) is 71.4 Å². The molecule has 0 spiro atoms. The number of benzene rings is 2. The quantitative estimate of drug-likeness (QED) is 0.278. The highest BCUT2D eigenvalue weighted by Gasteiger charge is 2.25. The summed E-state index contributed by atoms with van der Waals surface area (Å²) in [6, 6.07) is 17.0. The van der Waals surface area contributed by atoms with Gasteiger partial charge in [0.2, 0.25) is 11.6 Å². The second-order valence-corrected chi connectivity index (χ2v) is 7.54. The standard InChI is InChI=1S/C24H24N8O3/c1-3-13-34-19-11-9-18(10-12-19)21-20(27-31-32(21)23-22(25)29-35-30-23)24(33)28-26-15-16(2)14-17-7-5-4-6-8-17/h4-12,14-15H,3,13H2,1-2H3,(H2,25,29)(H,28,33)/b16-14+,26-15+. The minimum atomic E-state index is -0.559. The number of amides is 1. The van der Waals surface area contributed by atoms with Crippen LogP contribution in [0.1, 0.15) is 36.3 Å². The molecule has 0 saturated carbocycles. The third-order valence-corrected chi connectivity index (χ3v) is 4.81. The lowest BCUT2D eigenvalue weighted by Gasteiger charge is -2.08. The smallest absolute Gasteiger partial charge is 0.294 e. The number of hydrogen-bond donors (Lipinski definition) is 2. The average Bonchev–Trinajstić information content (AvgIpc) is 3.49. The fraction of sp³-hybridized carbons (Fsp3) is 0.167. The second-order valence-electron chi connectivity index (χ2n) is 7.54. The van der Waals surface area contributed by atoms with E-state index < -0.39 is 5.91 Å². The van der Waals surface area contributed by atoms with Gasteiger partial charge in [0, 0.05) is 5.56 Å². The fourth-order valence-electron chi connectivity index (χ4n) is 3.20. The van der Waals surface area contributed by atoms with Crippen molar-refractivity contribution in [2.45, 2.75) is 20.3 Å². The molecule has 4 rings (SSSR count). The first-order valence-electron chi connectivity index (χ1n) is 10.9. The van der Waals surface area contributed by atoms with Gasteiger partial charge in [0.25, 0.3) is 5.91 Å². The van der Waals surface area contributed by atoms with Crippen molar-refractivity contribution in [3.8, 4) is 22.8 Å². The summed E-state index contributed by atoms with van der Waals surface area (Å²) in [7, 11) is 0. The molecule has 0 atom stereocenters. The van der Waals surface area contributed by atoms with Gasteiger partial charge in [0.1, 0.15) is 11.4 Å². The molecule has 2 heterocycles. The SMILES string of the molecule is CCCOc1ccc(-c2c(C(=O)N/N=C/C(C)=C/c3ccccc3)nnn2-c2nonc2N)cc1. The summed E-state index contributed by atoms with van der Waals surface area (Å²) in [5.41, 5.74) is 11.2. The van der Waals surface area contributed by atoms with Gasteiger partial charge >= 0.3 is 0 Å². The van der Waals surface area contributed by atoms with Crippen molar-refractivity contribution in [1.82, 2.24) is 30.7 Å². The van der Waals surface area contributed by atoms with E-state index in [-0.39, 0.29) is 17.3 Å². The van der Waals surface area contributed by atoms with E-state index in [1.54, 1.807) is 30.5 Å². The molecule has 11 nitrogen and oxygen atoms in total. The Labute approximate surface area is 201 Å². The van der Waals surface area contributed by atoms with E-state index in [0.717, 1.165) is 17.6 Å². The first-order valence-corrected chi connectivity index (χ1v) is 10.9. The normalized spacial score (nSPS) is 11.7. The molecule has 1 amide bonds. The van der Waals surface area contributed by atoms with Crippen LogP contribution in [0.15, 0.2) is 69.9 Å². The summed E-state index contributed by atoms with van der Waals surface area (Å²) < 4.78 is 11.6. The van der Waals surface area contributed by atoms with Gasteiger partial charge in [-0.15, -0.1) is 5.10 Å². The molecule has 0 aliphatic carbocycles. The Hall–Kier alpha value is -4.80. The maximum absolute atomic E-state index is 13.0. The highest BCUT2D eigenvalue weighted by atomic mass is 16.6. The van der Waals surface area contributed by atoms with E-state index in [9.17, 15) is 4.79 Å². The van der Waals surface area contributed by atoms with Gasteiger partial charge in [0.15, 0.2) is 5.69 Å². The Kier molecular flexibility index (Phi) is 7.26. The maximum Gasteiger partial charge on any atom is 0.294 e. The van der Waals surface area contributed by atoms with Crippen LogP contribution < -0.4 is 15.9 Å². The number of carbonyl (C=O) groups is 1. The maximum atomic E-state index is 13.0. The van der Waals surface area contributed by atoms with Gasteiger partial charge in [-0.05, 0) is 59.1 Å². The molecule has 35 heavy (non-hydrogen) atoms. The Bertz CT molecular complexity index is 1340. The number of carbonyl (C=O) groups excluding carboxylic acids is 1. The zero-order chi connectivity index (χ0) is 24.6. The first kappa shape index (κ1) is 23.4. The van der Waals surface area contributed by atoms with Crippen molar-refractivity contribution in [3.63, 3.8) is 0 Å². The van der Waals surface area contributed by atoms with Crippen LogP contribution in [-0.2, 0) is 0 Å². The lowest BCUT2D eigenvalue weighted by atomic mass is 10.1. The summed E-state index contributed by atoms with van der Waals surface area (Å²) in [4.78, 5) is 13.0. The summed E-state index contributed by atoms with van der Waals surface area (Å²) in [6.45, 7) is 4.51. The molecule has 0 unspecified atom stereocenters. The molecule has 3 N–H and O–H groups in total. The topological polar surface area (TPSA) is 146 Å². The van der Waals surface area contributed by atoms with Gasteiger partial charge in [-0.3, -0.25) is 4.79 Å². The van der Waals surface area contributed by atoms with Gasteiger partial charge in [0.05, 0.1) is 12.8 Å². The van der Waals surface area contributed by atoms with Crippen LogP contribution in [0.3, 0.4) is 0 Å². The molecule has 4 aromatic rings. The van der Waals surface area contributed by atoms with Crippen LogP contribution >= 0.6 is 0 Å². The number of nitrogens with zero attached hydrogens (tertiary/aromatic N) is 6. The predicted molar refractivity (Wildman–Crippen MR) is 131 cm³/mol. The number of allylic oxidation sites excluding steroid dienone is 1. The van der Waals surface area contributed by atoms with Crippen molar-refractivity contribution >= 4 is 24.0 Å². The molecule has 0 radical (unpaired) electrons. The molecule has 0 aliphatic rings. The van der Waals surface area contributed by atoms with E-state index >= 15 is 0 Å². The lowest BCUT2D eigenvalue weighted by molar-refractivity contribution is 0.0950. The van der Waals surface area contributed by atoms with Crippen LogP contribution in [0, 0.1) is 0 Å². The molecular weight excluding hydrogens is 448 g/mol. The summed E-state index contributed by atoms with van der Waals surface area (Å²) >= 11 is 0. The van der Waals surface area contributed by atoms with Gasteiger partial charge in [-0.25, -0.2) is 10.1 Å². The van der Waals surface area contributed by atoms with E-state index in [0.29, 0.717) is 23.6 Å². The molecule has 0 fully saturated rings. The molecule has 0 bridgehead atoms. The third-order valence-electron chi connectivity index (χ3n) is 4.81. The molecule has 178 valence electrons. The number of hydrogen-bond acceptors (Lipinski definition) is 9. The summed E-state index contributed by atoms with van der Waals surface area (Å²) in [5, 5.41) is 19.5. The van der Waals surface area contributed by atoms with Gasteiger partial charge in [-0.2, -0.15) is 9.78 Å². The van der Waals surface area contributed by atoms with Gasteiger partial charge in [-0.1, -0.05) is 48.5 Å². The van der Waals surface area contributed by atoms with Gasteiger partial charge < -0.3 is 10.5 Å². The summed E-state index contributed by atoms with van der Waals surface area (Å²) in [6.07, 6.45) is 4.38. The molecule has 11 heteroatoms. The van der Waals surface area contributed by atoms with Crippen LogP contribution in [0.5, 0.6) is 5.75 Å². The molecule has 2 aromatic heterocycles. The van der Waals surface area contributed by atoms with E-state index in [2.05, 4.69) is 31.2 Å². The van der Waals surface area contributed by atoms with Crippen LogP contribution in [0.2, 0.25) is 0 Å². The van der Waals surface area contributed by atoms with Crippen molar-refractivity contribution < 1.29 is 14.2 Å². The largest absolute Gasteiger partial charge is 0.494 e. The number of nitrogen functional groups attached to an aromatic ring is 1. The number of anilines is 1. The number of rotatable bonds is 9. The number of ether oxygens (including phenoxy) is 1. The second kappa shape index (κ2) is 10.9. The van der Waals surface area contributed by atoms with Crippen molar-refractivity contribution in [1.29, 1.82) is 0 Å². The minimum Gasteiger partial charge on any atom is -0.494 e. The Morgan fingerprint density at radius 2 is 1.94 bits per heavy atom. The molecule has 0 saturated heterocycles. The third kappa shape index (κ3) is 5.58. The monoisotopic (exact) mass is 472 g/mol. The zero-order valence-electron chi connectivity index (χ0n) is 19.3. The van der Waals surface area contributed by atoms with E-state index in [4.69, 9.17) is 15.1 Å². The highest BCUT2D eigenvalue weighted by Crippen LogP contribution is 2.28. The van der Waals surface area contributed by atoms with Crippen LogP contribution in [-0.4, -0.2) is 44.0 Å². The minimum absolute atomic E-state index is 0.00528. The molecular formula is C24H24N8O3. The predicted octanol–water partition coefficient (Wildman–Crippen LogP) is 3.51. The number of hydrazone groups is 1. The number of nitrogens with two attached hydrogens (primary N) is 1. The Balaban J connectivity index is 1.61. The van der Waals surface area contributed by atoms with E-state index in [1.165, 1.54) is 4.68 Å². The lowest BCUT2D eigenvalue weighted by Crippen LogP contribution is -2.19. The van der Waals surface area contributed by atoms with Crippen LogP contribution in [0.25, 0.3) is 23.2 Å². The van der Waals surface area contributed by atoms with Crippen molar-refractivity contribution in [2.24, 2.45) is 5.10 Å². The van der Waals surface area contributed by atoms with E-state index in [1.807, 2.05) is 50.3 Å². The number of nitrogens with one attached hydrogen (secondary N) is 1. The fourth-order valence-corrected chi connectivity index (χ4v) is 3.20. The molecule has 2 aromatic carbocycles. The highest BCUT2D eigenvalue weighted by molar-refractivity contribution is 5.99. The molecule has 0 aliphatic heterocycles. The summed E-state index contributed by atoms with van der Waals surface area (Å²) in [5.74, 6) is 0.263. The van der Waals surface area contributed by atoms with Crippen LogP contribution in [0.4, 0.5) is 5.82 Å².